The van der Waals surface area contributed by atoms with Gasteiger partial charge in [0.2, 0.25) is 5.91 Å². The molecular formula is C14H16N2O2. The van der Waals surface area contributed by atoms with Crippen molar-refractivity contribution in [3.8, 4) is 0 Å². The molecule has 0 unspecified atom stereocenters. The normalized spacial score (nSPS) is 10.4. The van der Waals surface area contributed by atoms with Crippen LogP contribution in [0.5, 0.6) is 0 Å². The molecule has 0 saturated carbocycles. The van der Waals surface area contributed by atoms with Crippen LogP contribution >= 0.6 is 0 Å². The van der Waals surface area contributed by atoms with Gasteiger partial charge < -0.3 is 9.73 Å². The zero-order chi connectivity index (χ0) is 13.1. The van der Waals surface area contributed by atoms with Crippen LogP contribution in [-0.4, -0.2) is 10.9 Å². The summed E-state index contributed by atoms with van der Waals surface area (Å²) in [6.07, 6.45) is 2.32. The molecule has 0 fully saturated rings. The molecular weight excluding hydrogens is 228 g/mol. The highest BCUT2D eigenvalue weighted by Crippen LogP contribution is 2.20. The third-order valence-corrected chi connectivity index (χ3v) is 2.42. The van der Waals surface area contributed by atoms with Crippen LogP contribution in [0.15, 0.2) is 34.3 Å². The van der Waals surface area contributed by atoms with Gasteiger partial charge >= 0.3 is 0 Å². The number of aryl methyl sites for hydroxylation is 1. The highest BCUT2D eigenvalue weighted by Gasteiger charge is 2.06. The van der Waals surface area contributed by atoms with Gasteiger partial charge in [0.25, 0.3) is 0 Å². The molecule has 1 amide bonds. The average molecular weight is 244 g/mol. The second kappa shape index (κ2) is 5.04. The Kier molecular flexibility index (Phi) is 3.46. The molecule has 1 heterocycles. The molecule has 0 radical (unpaired) electrons. The number of carbonyl (C=O) groups excluding carboxylic acids is 1. The quantitative estimate of drug-likeness (QED) is 0.843. The third kappa shape index (κ3) is 2.77. The molecule has 1 N–H and O–H groups in total. The monoisotopic (exact) mass is 244 g/mol. The Morgan fingerprint density at radius 2 is 2.22 bits per heavy atom. The molecule has 0 saturated heterocycles. The molecule has 0 aliphatic heterocycles. The number of hydrogen-bond donors (Lipinski definition) is 1. The average Bonchev–Trinajstić information content (AvgIpc) is 2.69. The van der Waals surface area contributed by atoms with E-state index in [9.17, 15) is 4.79 Å². The number of fused-ring (bicyclic) bond motifs is 1. The number of hydrogen-bond acceptors (Lipinski definition) is 3. The van der Waals surface area contributed by atoms with Crippen molar-refractivity contribution in [1.29, 1.82) is 0 Å². The molecule has 1 aromatic carbocycles. The first-order valence-electron chi connectivity index (χ1n) is 5.94. The van der Waals surface area contributed by atoms with Crippen molar-refractivity contribution in [2.24, 2.45) is 0 Å². The fourth-order valence-electron chi connectivity index (χ4n) is 1.64. The fourth-order valence-corrected chi connectivity index (χ4v) is 1.64. The van der Waals surface area contributed by atoms with E-state index in [0.29, 0.717) is 5.89 Å². The minimum atomic E-state index is -0.131. The van der Waals surface area contributed by atoms with Crippen LogP contribution in [0.2, 0.25) is 0 Å². The summed E-state index contributed by atoms with van der Waals surface area (Å²) in [4.78, 5) is 15.9. The molecule has 1 aromatic heterocycles. The van der Waals surface area contributed by atoms with Gasteiger partial charge in [-0.1, -0.05) is 12.5 Å². The lowest BCUT2D eigenvalue weighted by molar-refractivity contribution is -0.111. The van der Waals surface area contributed by atoms with E-state index in [1.807, 2.05) is 39.0 Å². The maximum atomic E-state index is 11.6. The van der Waals surface area contributed by atoms with Gasteiger partial charge in [0.05, 0.1) is 0 Å². The van der Waals surface area contributed by atoms with Crippen molar-refractivity contribution < 1.29 is 9.21 Å². The molecule has 4 nitrogen and oxygen atoms in total. The largest absolute Gasteiger partial charge is 0.441 e. The Morgan fingerprint density at radius 3 is 2.89 bits per heavy atom. The lowest BCUT2D eigenvalue weighted by Crippen LogP contribution is -2.08. The summed E-state index contributed by atoms with van der Waals surface area (Å²) in [6, 6.07) is 5.44. The van der Waals surface area contributed by atoms with E-state index in [1.54, 1.807) is 6.08 Å². The third-order valence-electron chi connectivity index (χ3n) is 2.42. The first-order valence-corrected chi connectivity index (χ1v) is 5.94. The minimum absolute atomic E-state index is 0.131. The van der Waals surface area contributed by atoms with E-state index in [2.05, 4.69) is 10.3 Å². The van der Waals surface area contributed by atoms with Crippen LogP contribution in [-0.2, 0) is 11.2 Å². The van der Waals surface area contributed by atoms with Gasteiger partial charge in [0.1, 0.15) is 5.52 Å². The molecule has 4 heteroatoms. The summed E-state index contributed by atoms with van der Waals surface area (Å²) in [7, 11) is 0. The van der Waals surface area contributed by atoms with Gasteiger partial charge in [-0.2, -0.15) is 0 Å². The summed E-state index contributed by atoms with van der Waals surface area (Å²) in [5.41, 5.74) is 3.19. The zero-order valence-corrected chi connectivity index (χ0v) is 10.8. The molecule has 0 aliphatic rings. The first-order chi connectivity index (χ1) is 8.58. The lowest BCUT2D eigenvalue weighted by atomic mass is 10.2. The van der Waals surface area contributed by atoms with E-state index in [-0.39, 0.29) is 5.91 Å². The number of oxazole rings is 1. The van der Waals surface area contributed by atoms with Gasteiger partial charge in [0, 0.05) is 18.2 Å². The van der Waals surface area contributed by atoms with Gasteiger partial charge in [-0.05, 0) is 32.0 Å². The van der Waals surface area contributed by atoms with Gasteiger partial charge in [-0.25, -0.2) is 4.98 Å². The van der Waals surface area contributed by atoms with Gasteiger partial charge in [-0.3, -0.25) is 4.79 Å². The molecule has 2 aromatic rings. The summed E-state index contributed by atoms with van der Waals surface area (Å²) in [5.74, 6) is 0.575. The second-order valence-electron chi connectivity index (χ2n) is 4.35. The topological polar surface area (TPSA) is 55.1 Å². The predicted octanol–water partition coefficient (Wildman–Crippen LogP) is 3.29. The van der Waals surface area contributed by atoms with Crippen LogP contribution in [0.4, 0.5) is 5.69 Å². The minimum Gasteiger partial charge on any atom is -0.441 e. The summed E-state index contributed by atoms with van der Waals surface area (Å²) < 4.78 is 5.51. The zero-order valence-electron chi connectivity index (χ0n) is 10.8. The Bertz CT molecular complexity index is 607. The lowest BCUT2D eigenvalue weighted by Gasteiger charge is -2.01. The highest BCUT2D eigenvalue weighted by atomic mass is 16.3. The van der Waals surface area contributed by atoms with Crippen molar-refractivity contribution in [2.75, 3.05) is 5.32 Å². The molecule has 2 rings (SSSR count). The number of nitrogens with one attached hydrogen (secondary N) is 1. The Balaban J connectivity index is 2.24. The van der Waals surface area contributed by atoms with Crippen molar-refractivity contribution in [1.82, 2.24) is 4.98 Å². The predicted molar refractivity (Wildman–Crippen MR) is 71.4 cm³/mol. The fraction of sp³-hybridized carbons (Fsp3) is 0.286. The number of benzene rings is 1. The van der Waals surface area contributed by atoms with E-state index >= 15 is 0 Å². The SMILES string of the molecule is CCc1nc2cc(NC(=O)C=C(C)C)ccc2o1. The summed E-state index contributed by atoms with van der Waals surface area (Å²) in [5, 5.41) is 2.80. The Labute approximate surface area is 106 Å². The number of amides is 1. The number of allylic oxidation sites excluding steroid dienone is 1. The van der Waals surface area contributed by atoms with Crippen molar-refractivity contribution >= 4 is 22.7 Å². The van der Waals surface area contributed by atoms with E-state index < -0.39 is 0 Å². The maximum absolute atomic E-state index is 11.6. The van der Waals surface area contributed by atoms with Crippen molar-refractivity contribution in [2.45, 2.75) is 27.2 Å². The van der Waals surface area contributed by atoms with Crippen molar-refractivity contribution in [3.05, 3.63) is 35.7 Å². The van der Waals surface area contributed by atoms with E-state index in [0.717, 1.165) is 28.8 Å². The molecule has 0 atom stereocenters. The number of carbonyl (C=O) groups is 1. The second-order valence-corrected chi connectivity index (χ2v) is 4.35. The van der Waals surface area contributed by atoms with Crippen LogP contribution in [0.1, 0.15) is 26.7 Å². The molecule has 94 valence electrons. The molecule has 18 heavy (non-hydrogen) atoms. The Morgan fingerprint density at radius 1 is 1.44 bits per heavy atom. The number of anilines is 1. The van der Waals surface area contributed by atoms with Gasteiger partial charge in [0.15, 0.2) is 11.5 Å². The summed E-state index contributed by atoms with van der Waals surface area (Å²) >= 11 is 0. The van der Waals surface area contributed by atoms with Crippen LogP contribution < -0.4 is 5.32 Å². The number of rotatable bonds is 3. The van der Waals surface area contributed by atoms with Gasteiger partial charge in [-0.15, -0.1) is 0 Å². The van der Waals surface area contributed by atoms with Crippen molar-refractivity contribution in [3.63, 3.8) is 0 Å². The molecule has 0 spiro atoms. The highest BCUT2D eigenvalue weighted by molar-refractivity contribution is 6.00. The number of nitrogens with zero attached hydrogens (tertiary/aromatic N) is 1. The van der Waals surface area contributed by atoms with Crippen LogP contribution in [0, 0.1) is 0 Å². The smallest absolute Gasteiger partial charge is 0.248 e. The molecule has 0 bridgehead atoms. The summed E-state index contributed by atoms with van der Waals surface area (Å²) in [6.45, 7) is 5.75. The van der Waals surface area contributed by atoms with E-state index in [4.69, 9.17) is 4.42 Å². The first kappa shape index (κ1) is 12.4. The van der Waals surface area contributed by atoms with Crippen LogP contribution in [0.3, 0.4) is 0 Å². The molecule has 0 aliphatic carbocycles. The van der Waals surface area contributed by atoms with E-state index in [1.165, 1.54) is 0 Å². The maximum Gasteiger partial charge on any atom is 0.248 e. The Hall–Kier alpha value is -2.10. The standard InChI is InChI=1S/C14H16N2O2/c1-4-14-16-11-8-10(5-6-12(11)18-14)15-13(17)7-9(2)3/h5-8H,4H2,1-3H3,(H,15,17). The number of aromatic nitrogens is 1. The van der Waals surface area contributed by atoms with Crippen LogP contribution in [0.25, 0.3) is 11.1 Å².